The number of ether oxygens (including phenoxy) is 1. The Labute approximate surface area is 218 Å². The van der Waals surface area contributed by atoms with Crippen LogP contribution in [-0.4, -0.2) is 73.2 Å². The van der Waals surface area contributed by atoms with Crippen molar-refractivity contribution in [2.45, 2.75) is 25.6 Å². The molecule has 1 fully saturated rings. The third kappa shape index (κ3) is 4.31. The maximum atomic E-state index is 14.0. The Bertz CT molecular complexity index is 1470. The number of fused-ring (bicyclic) bond motifs is 1. The number of rotatable bonds is 6. The van der Waals surface area contributed by atoms with Gasteiger partial charge in [0.2, 0.25) is 5.95 Å². The summed E-state index contributed by atoms with van der Waals surface area (Å²) in [4.78, 5) is 21.2. The second kappa shape index (κ2) is 9.12. The van der Waals surface area contributed by atoms with Crippen LogP contribution in [0.15, 0.2) is 42.7 Å². The zero-order valence-corrected chi connectivity index (χ0v) is 21.4. The number of carbonyl (C=O) groups excluding carboxylic acids is 1. The second-order valence-electron chi connectivity index (χ2n) is 9.97. The van der Waals surface area contributed by atoms with Gasteiger partial charge < -0.3 is 24.4 Å². The lowest BCUT2D eigenvalue weighted by atomic mass is 9.98. The molecule has 38 heavy (non-hydrogen) atoms. The number of anilines is 3. The SMILES string of the molecule is COc1nnc(N2CCc3cc(C(=O)N4CC(C)(F)C4)n(C)c3C2)nc1Nc1ccc(-c2cn[nH]c2)cc1. The van der Waals surface area contributed by atoms with Gasteiger partial charge in [0.05, 0.1) is 32.9 Å². The molecule has 5 heterocycles. The largest absolute Gasteiger partial charge is 0.477 e. The zero-order chi connectivity index (χ0) is 26.4. The Morgan fingerprint density at radius 1 is 1.18 bits per heavy atom. The van der Waals surface area contributed by atoms with E-state index in [0.29, 0.717) is 30.5 Å². The van der Waals surface area contributed by atoms with Gasteiger partial charge in [0.25, 0.3) is 11.8 Å². The average Bonchev–Trinajstić information content (AvgIpc) is 3.56. The molecule has 0 unspecified atom stereocenters. The molecular weight excluding hydrogens is 489 g/mol. The molecule has 0 spiro atoms. The summed E-state index contributed by atoms with van der Waals surface area (Å²) in [5, 5.41) is 18.6. The van der Waals surface area contributed by atoms with Crippen LogP contribution in [0.5, 0.6) is 5.88 Å². The number of aromatic amines is 1. The summed E-state index contributed by atoms with van der Waals surface area (Å²) in [7, 11) is 3.40. The number of halogens is 1. The maximum absolute atomic E-state index is 14.0. The molecule has 0 radical (unpaired) electrons. The minimum Gasteiger partial charge on any atom is -0.477 e. The predicted octanol–water partition coefficient (Wildman–Crippen LogP) is 3.10. The van der Waals surface area contributed by atoms with Gasteiger partial charge in [-0.25, -0.2) is 4.39 Å². The van der Waals surface area contributed by atoms with E-state index in [1.165, 1.54) is 14.0 Å². The topological polar surface area (TPSA) is 117 Å². The summed E-state index contributed by atoms with van der Waals surface area (Å²) in [6, 6.07) is 9.80. The number of hydrogen-bond acceptors (Lipinski definition) is 8. The Kier molecular flexibility index (Phi) is 5.73. The molecule has 0 saturated carbocycles. The summed E-state index contributed by atoms with van der Waals surface area (Å²) in [6.07, 6.45) is 4.34. The van der Waals surface area contributed by atoms with Crippen LogP contribution < -0.4 is 15.0 Å². The Hall–Kier alpha value is -4.48. The van der Waals surface area contributed by atoms with Crippen molar-refractivity contribution in [2.24, 2.45) is 7.05 Å². The fraction of sp³-hybridized carbons (Fsp3) is 0.346. The van der Waals surface area contributed by atoms with E-state index in [1.54, 1.807) is 11.1 Å². The highest BCUT2D eigenvalue weighted by Gasteiger charge is 2.42. The van der Waals surface area contributed by atoms with Crippen LogP contribution in [0, 0.1) is 0 Å². The molecule has 1 amide bonds. The van der Waals surface area contributed by atoms with Gasteiger partial charge in [-0.3, -0.25) is 9.89 Å². The molecule has 0 aliphatic carbocycles. The minimum absolute atomic E-state index is 0.126. The first-order valence-corrected chi connectivity index (χ1v) is 12.4. The number of likely N-dealkylation sites (tertiary alicyclic amines) is 1. The number of benzene rings is 1. The molecule has 4 aromatic rings. The van der Waals surface area contributed by atoms with E-state index in [9.17, 15) is 9.18 Å². The number of alkyl halides is 1. The highest BCUT2D eigenvalue weighted by atomic mass is 19.1. The first kappa shape index (κ1) is 23.9. The van der Waals surface area contributed by atoms with Gasteiger partial charge in [0.15, 0.2) is 5.82 Å². The molecule has 0 bridgehead atoms. The summed E-state index contributed by atoms with van der Waals surface area (Å²) >= 11 is 0. The van der Waals surface area contributed by atoms with Crippen LogP contribution in [0.25, 0.3) is 11.1 Å². The summed E-state index contributed by atoms with van der Waals surface area (Å²) < 4.78 is 21.2. The standard InChI is InChI=1S/C26H28FN9O2/c1-26(27)14-36(15-26)24(37)20-10-17-8-9-35(13-21(17)34(20)2)25-31-22(23(38-3)32-33-25)30-19-6-4-16(5-7-19)18-11-28-29-12-18/h4-7,10-12H,8-9,13-15H2,1-3H3,(H,28,29)(H,30,31,33). The summed E-state index contributed by atoms with van der Waals surface area (Å²) in [6.45, 7) is 2.96. The Morgan fingerprint density at radius 2 is 1.97 bits per heavy atom. The molecule has 2 aliphatic rings. The Balaban J connectivity index is 1.21. The first-order chi connectivity index (χ1) is 18.3. The molecule has 1 saturated heterocycles. The van der Waals surface area contributed by atoms with Crippen molar-refractivity contribution in [3.63, 3.8) is 0 Å². The van der Waals surface area contributed by atoms with Crippen molar-refractivity contribution in [1.29, 1.82) is 0 Å². The van der Waals surface area contributed by atoms with Crippen molar-refractivity contribution in [1.82, 2.24) is 34.8 Å². The third-order valence-corrected chi connectivity index (χ3v) is 7.09. The van der Waals surface area contributed by atoms with Crippen molar-refractivity contribution in [2.75, 3.05) is 37.0 Å². The van der Waals surface area contributed by atoms with E-state index >= 15 is 0 Å². The van der Waals surface area contributed by atoms with Crippen molar-refractivity contribution < 1.29 is 13.9 Å². The van der Waals surface area contributed by atoms with Gasteiger partial charge in [-0.1, -0.05) is 12.1 Å². The quantitative estimate of drug-likeness (QED) is 0.401. The molecule has 0 atom stereocenters. The zero-order valence-electron chi connectivity index (χ0n) is 21.4. The van der Waals surface area contributed by atoms with E-state index in [4.69, 9.17) is 9.72 Å². The number of methoxy groups -OCH3 is 1. The average molecular weight is 518 g/mol. The smallest absolute Gasteiger partial charge is 0.277 e. The predicted molar refractivity (Wildman–Crippen MR) is 139 cm³/mol. The molecule has 2 N–H and O–H groups in total. The van der Waals surface area contributed by atoms with E-state index < -0.39 is 5.67 Å². The monoisotopic (exact) mass is 517 g/mol. The molecule has 1 aromatic carbocycles. The molecule has 11 nitrogen and oxygen atoms in total. The lowest BCUT2D eigenvalue weighted by Gasteiger charge is -2.42. The highest BCUT2D eigenvalue weighted by Crippen LogP contribution is 2.31. The van der Waals surface area contributed by atoms with Gasteiger partial charge in [-0.2, -0.15) is 10.1 Å². The van der Waals surface area contributed by atoms with Gasteiger partial charge in [0.1, 0.15) is 11.4 Å². The molecule has 196 valence electrons. The highest BCUT2D eigenvalue weighted by molar-refractivity contribution is 5.94. The lowest BCUT2D eigenvalue weighted by Crippen LogP contribution is -2.59. The Morgan fingerprint density at radius 3 is 2.66 bits per heavy atom. The van der Waals surface area contributed by atoms with Gasteiger partial charge in [0, 0.05) is 36.7 Å². The fourth-order valence-electron chi connectivity index (χ4n) is 5.03. The minimum atomic E-state index is -1.30. The molecule has 12 heteroatoms. The van der Waals surface area contributed by atoms with Gasteiger partial charge in [-0.15, -0.1) is 10.2 Å². The van der Waals surface area contributed by atoms with Crippen molar-refractivity contribution >= 4 is 23.4 Å². The number of amides is 1. The molecule has 6 rings (SSSR count). The summed E-state index contributed by atoms with van der Waals surface area (Å²) in [5.41, 5.74) is 4.24. The van der Waals surface area contributed by atoms with Crippen LogP contribution in [0.4, 0.5) is 21.8 Å². The maximum Gasteiger partial charge on any atom is 0.277 e. The van der Waals surface area contributed by atoms with Gasteiger partial charge in [-0.05, 0) is 42.7 Å². The third-order valence-electron chi connectivity index (χ3n) is 7.09. The van der Waals surface area contributed by atoms with Crippen molar-refractivity contribution in [3.8, 4) is 17.0 Å². The first-order valence-electron chi connectivity index (χ1n) is 12.4. The van der Waals surface area contributed by atoms with Crippen LogP contribution >= 0.6 is 0 Å². The molecule has 2 aliphatic heterocycles. The van der Waals surface area contributed by atoms with Crippen LogP contribution in [0.1, 0.15) is 28.7 Å². The van der Waals surface area contributed by atoms with Gasteiger partial charge >= 0.3 is 0 Å². The van der Waals surface area contributed by atoms with E-state index in [2.05, 4.69) is 25.7 Å². The number of carbonyl (C=O) groups is 1. The second-order valence-corrected chi connectivity index (χ2v) is 9.97. The van der Waals surface area contributed by atoms with Crippen LogP contribution in [0.3, 0.4) is 0 Å². The number of H-pyrrole nitrogens is 1. The van der Waals surface area contributed by atoms with E-state index in [1.807, 2.05) is 53.0 Å². The van der Waals surface area contributed by atoms with Crippen LogP contribution in [-0.2, 0) is 20.0 Å². The van der Waals surface area contributed by atoms with Crippen LogP contribution in [0.2, 0.25) is 0 Å². The van der Waals surface area contributed by atoms with E-state index in [-0.39, 0.29) is 24.9 Å². The number of nitrogens with one attached hydrogen (secondary N) is 2. The summed E-state index contributed by atoms with van der Waals surface area (Å²) in [5.74, 6) is 1.05. The number of nitrogens with zero attached hydrogens (tertiary/aromatic N) is 7. The fourth-order valence-corrected chi connectivity index (χ4v) is 5.03. The molecular formula is C26H28FN9O2. The molecule has 3 aromatic heterocycles. The van der Waals surface area contributed by atoms with E-state index in [0.717, 1.165) is 34.5 Å². The number of hydrogen-bond donors (Lipinski definition) is 2. The number of aromatic nitrogens is 6. The lowest BCUT2D eigenvalue weighted by molar-refractivity contribution is -0.00847. The van der Waals surface area contributed by atoms with Crippen molar-refractivity contribution in [3.05, 3.63) is 59.7 Å². The normalized spacial score (nSPS) is 16.1.